The highest BCUT2D eigenvalue weighted by Crippen LogP contribution is 1.85. The van der Waals surface area contributed by atoms with E-state index in [2.05, 4.69) is 17.2 Å². The molecule has 0 aromatic rings. The maximum atomic E-state index is 11.2. The molecular formula is C17H31NO5. The molecule has 0 aromatic heterocycles. The summed E-state index contributed by atoms with van der Waals surface area (Å²) in [6.45, 7) is 8.71. The number of hydrogen-bond donors (Lipinski definition) is 1. The van der Waals surface area contributed by atoms with Crippen LogP contribution in [0.5, 0.6) is 0 Å². The van der Waals surface area contributed by atoms with Gasteiger partial charge in [-0.1, -0.05) is 19.8 Å². The van der Waals surface area contributed by atoms with Crippen molar-refractivity contribution < 1.29 is 23.7 Å². The molecule has 0 aliphatic rings. The lowest BCUT2D eigenvalue weighted by molar-refractivity contribution is -0.121. The number of hydrogen-bond acceptors (Lipinski definition) is 5. The van der Waals surface area contributed by atoms with E-state index in [9.17, 15) is 4.79 Å². The summed E-state index contributed by atoms with van der Waals surface area (Å²) >= 11 is 0. The Morgan fingerprint density at radius 2 is 1.39 bits per heavy atom. The standard InChI is InChI=1S/C17H31NO5/c1-3-5-6-9-20-11-13-22-15-16-23-14-12-21-10-8-18-17(19)7-4-2/h3-4,7-16H2,1-2H3,(H,18,19). The van der Waals surface area contributed by atoms with E-state index in [0.717, 1.165) is 12.8 Å². The molecule has 23 heavy (non-hydrogen) atoms. The molecule has 1 N–H and O–H groups in total. The lowest BCUT2D eigenvalue weighted by atomic mass is 10.3. The number of carbonyl (C=O) groups excluding carboxylic acids is 1. The first-order valence-corrected chi connectivity index (χ1v) is 8.34. The molecule has 0 fully saturated rings. The third kappa shape index (κ3) is 18.8. The van der Waals surface area contributed by atoms with Gasteiger partial charge in [-0.25, -0.2) is 0 Å². The molecule has 134 valence electrons. The number of nitrogens with one attached hydrogen (secondary N) is 1. The second-order valence-corrected chi connectivity index (χ2v) is 4.70. The van der Waals surface area contributed by atoms with Gasteiger partial charge in [0.15, 0.2) is 0 Å². The average Bonchev–Trinajstić information content (AvgIpc) is 2.54. The number of amides is 1. The molecule has 0 spiro atoms. The molecule has 0 unspecified atom stereocenters. The molecule has 0 heterocycles. The monoisotopic (exact) mass is 329 g/mol. The molecule has 6 nitrogen and oxygen atoms in total. The Bertz CT molecular complexity index is 325. The lowest BCUT2D eigenvalue weighted by Gasteiger charge is -2.07. The van der Waals surface area contributed by atoms with Gasteiger partial charge < -0.3 is 24.3 Å². The number of rotatable bonds is 15. The molecule has 0 aliphatic carbocycles. The minimum atomic E-state index is 0.0749. The van der Waals surface area contributed by atoms with Crippen LogP contribution in [0.2, 0.25) is 0 Å². The molecule has 0 bridgehead atoms. The first kappa shape index (κ1) is 21.9. The van der Waals surface area contributed by atoms with E-state index in [4.69, 9.17) is 18.9 Å². The van der Waals surface area contributed by atoms with E-state index >= 15 is 0 Å². The average molecular weight is 329 g/mol. The van der Waals surface area contributed by atoms with Gasteiger partial charge >= 0.3 is 0 Å². The van der Waals surface area contributed by atoms with E-state index in [-0.39, 0.29) is 5.91 Å². The Balaban J connectivity index is 3.06. The Labute approximate surface area is 140 Å². The van der Waals surface area contributed by atoms with Gasteiger partial charge in [-0.2, -0.15) is 0 Å². The highest BCUT2D eigenvalue weighted by atomic mass is 16.6. The highest BCUT2D eigenvalue weighted by Gasteiger charge is 1.97. The highest BCUT2D eigenvalue weighted by molar-refractivity contribution is 5.75. The first-order valence-electron chi connectivity index (χ1n) is 8.34. The maximum Gasteiger partial charge on any atom is 0.220 e. The van der Waals surface area contributed by atoms with Crippen LogP contribution in [-0.2, 0) is 23.7 Å². The van der Waals surface area contributed by atoms with E-state index < -0.39 is 0 Å². The van der Waals surface area contributed by atoms with Crippen LogP contribution in [0.4, 0.5) is 0 Å². The van der Waals surface area contributed by atoms with Crippen molar-refractivity contribution in [2.75, 3.05) is 59.4 Å². The van der Waals surface area contributed by atoms with Gasteiger partial charge in [0, 0.05) is 19.4 Å². The summed E-state index contributed by atoms with van der Waals surface area (Å²) in [7, 11) is 0. The van der Waals surface area contributed by atoms with Crippen molar-refractivity contribution in [1.29, 1.82) is 0 Å². The van der Waals surface area contributed by atoms with Gasteiger partial charge in [0.1, 0.15) is 6.61 Å². The van der Waals surface area contributed by atoms with E-state index in [1.165, 1.54) is 0 Å². The van der Waals surface area contributed by atoms with Crippen LogP contribution < -0.4 is 5.32 Å². The van der Waals surface area contributed by atoms with Crippen molar-refractivity contribution in [3.05, 3.63) is 0 Å². The van der Waals surface area contributed by atoms with Crippen LogP contribution in [0.15, 0.2) is 0 Å². The van der Waals surface area contributed by atoms with E-state index in [0.29, 0.717) is 65.8 Å². The smallest absolute Gasteiger partial charge is 0.220 e. The van der Waals surface area contributed by atoms with Gasteiger partial charge in [-0.3, -0.25) is 4.79 Å². The summed E-state index contributed by atoms with van der Waals surface area (Å²) < 4.78 is 21.3. The van der Waals surface area contributed by atoms with Crippen molar-refractivity contribution in [2.24, 2.45) is 0 Å². The third-order valence-electron chi connectivity index (χ3n) is 2.64. The minimum Gasteiger partial charge on any atom is -0.377 e. The molecule has 0 saturated heterocycles. The zero-order valence-corrected chi connectivity index (χ0v) is 14.5. The van der Waals surface area contributed by atoms with Crippen LogP contribution in [0, 0.1) is 11.8 Å². The number of ether oxygens (including phenoxy) is 4. The first-order chi connectivity index (χ1) is 11.3. The predicted octanol–water partition coefficient (Wildman–Crippen LogP) is 1.38. The fourth-order valence-corrected chi connectivity index (χ4v) is 1.54. The summed E-state index contributed by atoms with van der Waals surface area (Å²) in [5, 5.41) is 2.79. The zero-order chi connectivity index (χ0) is 17.0. The van der Waals surface area contributed by atoms with Gasteiger partial charge in [-0.05, 0) is 6.42 Å². The SMILES string of the molecule is CCC#CCOCCOCCOCCOCCNC(=O)CCC. The van der Waals surface area contributed by atoms with Gasteiger partial charge in [-0.15, -0.1) is 5.92 Å². The Kier molecular flexibility index (Phi) is 18.0. The van der Waals surface area contributed by atoms with Crippen molar-refractivity contribution in [3.63, 3.8) is 0 Å². The molecule has 0 radical (unpaired) electrons. The molecule has 6 heteroatoms. The Hall–Kier alpha value is -1.13. The fourth-order valence-electron chi connectivity index (χ4n) is 1.54. The molecule has 0 rings (SSSR count). The minimum absolute atomic E-state index is 0.0749. The Morgan fingerprint density at radius 3 is 1.96 bits per heavy atom. The molecule has 0 aliphatic heterocycles. The molecule has 0 atom stereocenters. The van der Waals surface area contributed by atoms with Gasteiger partial charge in [0.25, 0.3) is 0 Å². The summed E-state index contributed by atoms with van der Waals surface area (Å²) in [4.78, 5) is 11.2. The Morgan fingerprint density at radius 1 is 0.826 bits per heavy atom. The molecular weight excluding hydrogens is 298 g/mol. The van der Waals surface area contributed by atoms with Gasteiger partial charge in [0.2, 0.25) is 5.91 Å². The topological polar surface area (TPSA) is 66.0 Å². The second-order valence-electron chi connectivity index (χ2n) is 4.70. The second kappa shape index (κ2) is 18.9. The largest absolute Gasteiger partial charge is 0.377 e. The summed E-state index contributed by atoms with van der Waals surface area (Å²) in [6, 6.07) is 0. The van der Waals surface area contributed by atoms with Gasteiger partial charge in [0.05, 0.1) is 46.2 Å². The van der Waals surface area contributed by atoms with Crippen LogP contribution in [-0.4, -0.2) is 65.3 Å². The normalized spacial score (nSPS) is 10.2. The third-order valence-corrected chi connectivity index (χ3v) is 2.64. The molecule has 0 saturated carbocycles. The molecule has 0 aromatic carbocycles. The maximum absolute atomic E-state index is 11.2. The van der Waals surface area contributed by atoms with Crippen molar-refractivity contribution in [1.82, 2.24) is 5.32 Å². The van der Waals surface area contributed by atoms with Crippen molar-refractivity contribution >= 4 is 5.91 Å². The summed E-state index contributed by atoms with van der Waals surface area (Å²) in [6.07, 6.45) is 2.29. The summed E-state index contributed by atoms with van der Waals surface area (Å²) in [5.41, 5.74) is 0. The van der Waals surface area contributed by atoms with Crippen molar-refractivity contribution in [3.8, 4) is 11.8 Å². The fraction of sp³-hybridized carbons (Fsp3) is 0.824. The lowest BCUT2D eigenvalue weighted by Crippen LogP contribution is -2.27. The van der Waals surface area contributed by atoms with E-state index in [1.54, 1.807) is 0 Å². The van der Waals surface area contributed by atoms with Crippen LogP contribution in [0.3, 0.4) is 0 Å². The van der Waals surface area contributed by atoms with Crippen LogP contribution >= 0.6 is 0 Å². The van der Waals surface area contributed by atoms with E-state index in [1.807, 2.05) is 13.8 Å². The van der Waals surface area contributed by atoms with Crippen molar-refractivity contribution in [2.45, 2.75) is 33.1 Å². The summed E-state index contributed by atoms with van der Waals surface area (Å²) in [5.74, 6) is 5.91. The molecule has 1 amide bonds. The predicted molar refractivity (Wildman–Crippen MR) is 89.3 cm³/mol. The van der Waals surface area contributed by atoms with Crippen LogP contribution in [0.1, 0.15) is 33.1 Å². The van der Waals surface area contributed by atoms with Crippen LogP contribution in [0.25, 0.3) is 0 Å². The quantitative estimate of drug-likeness (QED) is 0.363. The number of carbonyl (C=O) groups is 1. The zero-order valence-electron chi connectivity index (χ0n) is 14.5.